The molecule has 0 aromatic heterocycles. The van der Waals surface area contributed by atoms with Crippen LogP contribution in [0.2, 0.25) is 0 Å². The summed E-state index contributed by atoms with van der Waals surface area (Å²) in [5.74, 6) is -4.18. The van der Waals surface area contributed by atoms with Crippen LogP contribution in [-0.2, 0) is 9.59 Å². The SMILES string of the molecule is Cc1cccc(C(=O)C2C(c3ccc(F)cc3)C(C(N)=O)N(C(=O)C3CC3)C2c2cccc([N+](=O)[O-])c2)c1. The van der Waals surface area contributed by atoms with Crippen LogP contribution in [0.25, 0.3) is 0 Å². The van der Waals surface area contributed by atoms with Crippen molar-refractivity contribution >= 4 is 23.3 Å². The molecule has 0 spiro atoms. The molecule has 2 N–H and O–H groups in total. The number of amides is 2. The van der Waals surface area contributed by atoms with Gasteiger partial charge in [0.05, 0.1) is 16.9 Å². The second-order valence-electron chi connectivity index (χ2n) is 10.0. The number of nitro groups is 1. The van der Waals surface area contributed by atoms with Crippen molar-refractivity contribution in [3.05, 3.63) is 111 Å². The van der Waals surface area contributed by atoms with Crippen LogP contribution in [-0.4, -0.2) is 33.5 Å². The van der Waals surface area contributed by atoms with Crippen molar-refractivity contribution in [3.63, 3.8) is 0 Å². The molecule has 0 bridgehead atoms. The summed E-state index contributed by atoms with van der Waals surface area (Å²) in [4.78, 5) is 53.5. The van der Waals surface area contributed by atoms with Crippen molar-refractivity contribution in [1.29, 1.82) is 0 Å². The standard InChI is InChI=1S/C29H26FN3O5/c1-16-4-2-6-20(14-16)27(34)24-23(17-10-12-21(30)13-11-17)26(28(31)35)32(29(36)18-8-9-18)25(24)19-5-3-7-22(15-19)33(37)38/h2-7,10-15,18,23-26H,8-9H2,1H3,(H2,31,35). The molecule has 5 rings (SSSR count). The van der Waals surface area contributed by atoms with Crippen LogP contribution >= 0.6 is 0 Å². The minimum atomic E-state index is -1.21. The fourth-order valence-electron chi connectivity index (χ4n) is 5.60. The Kier molecular flexibility index (Phi) is 6.52. The lowest BCUT2D eigenvalue weighted by molar-refractivity contribution is -0.385. The van der Waals surface area contributed by atoms with E-state index in [0.717, 1.165) is 5.56 Å². The fourth-order valence-corrected chi connectivity index (χ4v) is 5.60. The molecule has 194 valence electrons. The summed E-state index contributed by atoms with van der Waals surface area (Å²) in [5.41, 5.74) is 7.77. The molecule has 4 unspecified atom stereocenters. The number of rotatable bonds is 7. The predicted octanol–water partition coefficient (Wildman–Crippen LogP) is 4.47. The highest BCUT2D eigenvalue weighted by Gasteiger charge is 2.58. The number of nitro benzene ring substituents is 1. The van der Waals surface area contributed by atoms with Gasteiger partial charge in [-0.3, -0.25) is 24.5 Å². The number of primary amides is 1. The zero-order valence-corrected chi connectivity index (χ0v) is 20.6. The zero-order valence-electron chi connectivity index (χ0n) is 20.6. The van der Waals surface area contributed by atoms with Gasteiger partial charge in [0.1, 0.15) is 11.9 Å². The molecule has 38 heavy (non-hydrogen) atoms. The lowest BCUT2D eigenvalue weighted by Gasteiger charge is -2.31. The van der Waals surface area contributed by atoms with Gasteiger partial charge in [0, 0.05) is 29.5 Å². The largest absolute Gasteiger partial charge is 0.368 e. The van der Waals surface area contributed by atoms with Gasteiger partial charge >= 0.3 is 0 Å². The maximum absolute atomic E-state index is 14.3. The van der Waals surface area contributed by atoms with Crippen LogP contribution in [0.1, 0.15) is 51.8 Å². The molecule has 2 amide bonds. The molecular weight excluding hydrogens is 489 g/mol. The molecule has 2 aliphatic rings. The van der Waals surface area contributed by atoms with Crippen molar-refractivity contribution in [2.24, 2.45) is 17.6 Å². The molecule has 1 saturated carbocycles. The van der Waals surface area contributed by atoms with Crippen LogP contribution in [0, 0.1) is 34.7 Å². The molecule has 1 aliphatic heterocycles. The van der Waals surface area contributed by atoms with E-state index in [0.29, 0.717) is 29.5 Å². The lowest BCUT2D eigenvalue weighted by Crippen LogP contribution is -2.47. The van der Waals surface area contributed by atoms with Gasteiger partial charge < -0.3 is 10.6 Å². The number of carbonyl (C=O) groups excluding carboxylic acids is 3. The quantitative estimate of drug-likeness (QED) is 0.282. The summed E-state index contributed by atoms with van der Waals surface area (Å²) >= 11 is 0. The van der Waals surface area contributed by atoms with Crippen molar-refractivity contribution < 1.29 is 23.7 Å². The molecule has 1 saturated heterocycles. The Morgan fingerprint density at radius 3 is 2.26 bits per heavy atom. The zero-order chi connectivity index (χ0) is 27.1. The number of benzene rings is 3. The number of aryl methyl sites for hydroxylation is 1. The molecule has 1 aliphatic carbocycles. The van der Waals surface area contributed by atoms with E-state index in [1.54, 1.807) is 24.3 Å². The summed E-state index contributed by atoms with van der Waals surface area (Å²) in [7, 11) is 0. The number of likely N-dealkylation sites (tertiary alicyclic amines) is 1. The predicted molar refractivity (Wildman–Crippen MR) is 137 cm³/mol. The lowest BCUT2D eigenvalue weighted by atomic mass is 9.76. The highest BCUT2D eigenvalue weighted by Crippen LogP contribution is 2.53. The molecule has 9 heteroatoms. The summed E-state index contributed by atoms with van der Waals surface area (Å²) in [6.45, 7) is 1.84. The van der Waals surface area contributed by atoms with E-state index in [2.05, 4.69) is 0 Å². The third-order valence-corrected chi connectivity index (χ3v) is 7.42. The Labute approximate surface area is 218 Å². The average molecular weight is 516 g/mol. The summed E-state index contributed by atoms with van der Waals surface area (Å²) < 4.78 is 13.9. The second kappa shape index (κ2) is 9.81. The first-order chi connectivity index (χ1) is 18.2. The first kappa shape index (κ1) is 25.3. The maximum atomic E-state index is 14.3. The number of nitrogens with zero attached hydrogens (tertiary/aromatic N) is 2. The van der Waals surface area contributed by atoms with Gasteiger partial charge in [-0.2, -0.15) is 0 Å². The summed E-state index contributed by atoms with van der Waals surface area (Å²) in [6, 6.07) is 16.0. The number of ketones is 1. The third kappa shape index (κ3) is 4.55. The Morgan fingerprint density at radius 2 is 1.66 bits per heavy atom. The second-order valence-corrected chi connectivity index (χ2v) is 10.0. The van der Waals surface area contributed by atoms with E-state index in [1.807, 2.05) is 13.0 Å². The van der Waals surface area contributed by atoms with E-state index in [4.69, 9.17) is 5.73 Å². The molecule has 2 fully saturated rings. The third-order valence-electron chi connectivity index (χ3n) is 7.42. The van der Waals surface area contributed by atoms with E-state index in [9.17, 15) is 28.9 Å². The van der Waals surface area contributed by atoms with Gasteiger partial charge in [-0.15, -0.1) is 0 Å². The molecular formula is C29H26FN3O5. The molecule has 8 nitrogen and oxygen atoms in total. The van der Waals surface area contributed by atoms with Crippen LogP contribution in [0.3, 0.4) is 0 Å². The van der Waals surface area contributed by atoms with Gasteiger partial charge in [-0.25, -0.2) is 4.39 Å². The molecule has 0 radical (unpaired) electrons. The van der Waals surface area contributed by atoms with Crippen LogP contribution in [0.15, 0.2) is 72.8 Å². The number of hydrogen-bond acceptors (Lipinski definition) is 5. The maximum Gasteiger partial charge on any atom is 0.269 e. The summed E-state index contributed by atoms with van der Waals surface area (Å²) in [6.07, 6.45) is 1.28. The van der Waals surface area contributed by atoms with Gasteiger partial charge in [-0.1, -0.05) is 48.0 Å². The Hall–Kier alpha value is -4.40. The van der Waals surface area contributed by atoms with E-state index in [1.165, 1.54) is 47.4 Å². The van der Waals surface area contributed by atoms with Crippen LogP contribution < -0.4 is 5.73 Å². The normalized spacial score (nSPS) is 22.7. The number of halogens is 1. The Bertz CT molecular complexity index is 1440. The van der Waals surface area contributed by atoms with Gasteiger partial charge in [-0.05, 0) is 49.1 Å². The molecule has 1 heterocycles. The monoisotopic (exact) mass is 515 g/mol. The number of non-ortho nitro benzene ring substituents is 1. The Balaban J connectivity index is 1.77. The van der Waals surface area contributed by atoms with Crippen molar-refractivity contribution in [2.75, 3.05) is 0 Å². The van der Waals surface area contributed by atoms with Crippen molar-refractivity contribution in [3.8, 4) is 0 Å². The van der Waals surface area contributed by atoms with E-state index in [-0.39, 0.29) is 23.3 Å². The highest BCUT2D eigenvalue weighted by molar-refractivity contribution is 6.02. The van der Waals surface area contributed by atoms with Crippen LogP contribution in [0.4, 0.5) is 10.1 Å². The van der Waals surface area contributed by atoms with Gasteiger partial charge in [0.2, 0.25) is 11.8 Å². The topological polar surface area (TPSA) is 124 Å². The minimum Gasteiger partial charge on any atom is -0.368 e. The van der Waals surface area contributed by atoms with Gasteiger partial charge in [0.25, 0.3) is 5.69 Å². The number of Topliss-reactive ketones (excluding diaryl/α,β-unsaturated/α-hetero) is 1. The van der Waals surface area contributed by atoms with Crippen LogP contribution in [0.5, 0.6) is 0 Å². The molecule has 3 aromatic rings. The van der Waals surface area contributed by atoms with Crippen molar-refractivity contribution in [2.45, 2.75) is 37.8 Å². The van der Waals surface area contributed by atoms with Gasteiger partial charge in [0.15, 0.2) is 5.78 Å². The average Bonchev–Trinajstić information content (AvgIpc) is 3.68. The minimum absolute atomic E-state index is 0.205. The number of hydrogen-bond donors (Lipinski definition) is 1. The first-order valence-electron chi connectivity index (χ1n) is 12.4. The number of nitrogens with two attached hydrogens (primary N) is 1. The number of carbonyl (C=O) groups is 3. The van der Waals surface area contributed by atoms with Crippen molar-refractivity contribution in [1.82, 2.24) is 4.90 Å². The van der Waals surface area contributed by atoms with E-state index >= 15 is 0 Å². The van der Waals surface area contributed by atoms with E-state index < -0.39 is 40.6 Å². The first-order valence-corrected chi connectivity index (χ1v) is 12.4. The molecule has 3 aromatic carbocycles. The smallest absolute Gasteiger partial charge is 0.269 e. The fraction of sp³-hybridized carbons (Fsp3) is 0.276. The highest BCUT2D eigenvalue weighted by atomic mass is 19.1. The summed E-state index contributed by atoms with van der Waals surface area (Å²) in [5, 5.41) is 11.6. The Morgan fingerprint density at radius 1 is 0.974 bits per heavy atom. The molecule has 4 atom stereocenters.